The molecule has 0 bridgehead atoms. The van der Waals surface area contributed by atoms with Gasteiger partial charge in [0.15, 0.2) is 5.01 Å². The second kappa shape index (κ2) is 20.0. The van der Waals surface area contributed by atoms with Gasteiger partial charge in [-0.15, -0.1) is 11.3 Å². The maximum absolute atomic E-state index is 13.7. The van der Waals surface area contributed by atoms with Gasteiger partial charge in [-0.25, -0.2) is 4.98 Å². The highest BCUT2D eigenvalue weighted by molar-refractivity contribution is 7.14. The zero-order chi connectivity index (χ0) is 35.9. The number of ketones is 1. The Morgan fingerprint density at radius 2 is 1.48 bits per heavy atom. The molecule has 6 nitrogen and oxygen atoms in total. The minimum absolute atomic E-state index is 0.0328. The van der Waals surface area contributed by atoms with Crippen molar-refractivity contribution < 1.29 is 19.5 Å². The largest absolute Gasteiger partial charge is 0.507 e. The number of phenolic OH excluding ortho intramolecular Hbond substituents is 1. The standard InChI is InChI=1S/C42H57ClN2O4S/c1-6-7-8-9-10-11-12-13-14-15-16-17-18-19-27-48-32-25-23-31(24-26-32)38-30(2)50-41(44-38)40(47)34-28-35(43)37-33(39(34)46)21-20-22-36(37)45-49-29-42(3,4)5/h20-26,28,45-46H,6-19,27,29H2,1-5H3. The van der Waals surface area contributed by atoms with E-state index in [2.05, 4.69) is 33.2 Å². The Morgan fingerprint density at radius 1 is 0.880 bits per heavy atom. The Hall–Kier alpha value is -3.13. The third kappa shape index (κ3) is 12.0. The van der Waals surface area contributed by atoms with Crippen molar-refractivity contribution in [1.82, 2.24) is 4.98 Å². The van der Waals surface area contributed by atoms with Crippen LogP contribution in [0.5, 0.6) is 11.5 Å². The Labute approximate surface area is 308 Å². The van der Waals surface area contributed by atoms with E-state index >= 15 is 0 Å². The number of aromatic hydroxyl groups is 1. The number of phenols is 1. The maximum Gasteiger partial charge on any atom is 0.225 e. The van der Waals surface area contributed by atoms with Crippen molar-refractivity contribution in [2.75, 3.05) is 18.7 Å². The highest BCUT2D eigenvalue weighted by atomic mass is 35.5. The van der Waals surface area contributed by atoms with Crippen LogP contribution < -0.4 is 10.2 Å². The van der Waals surface area contributed by atoms with Crippen LogP contribution in [0.1, 0.15) is 138 Å². The first-order chi connectivity index (χ1) is 24.1. The lowest BCUT2D eigenvalue weighted by atomic mass is 9.99. The lowest BCUT2D eigenvalue weighted by Crippen LogP contribution is -2.17. The normalized spacial score (nSPS) is 11.7. The van der Waals surface area contributed by atoms with Crippen LogP contribution in [0.4, 0.5) is 5.69 Å². The molecule has 0 spiro atoms. The number of fused-ring (bicyclic) bond motifs is 1. The number of benzene rings is 3. The number of unbranched alkanes of at least 4 members (excludes halogenated alkanes) is 13. The number of ether oxygens (including phenoxy) is 1. The number of aromatic nitrogens is 1. The minimum atomic E-state index is -0.374. The van der Waals surface area contributed by atoms with Crippen LogP contribution in [0.25, 0.3) is 22.0 Å². The molecule has 2 N–H and O–H groups in total. The molecule has 272 valence electrons. The summed E-state index contributed by atoms with van der Waals surface area (Å²) in [5, 5.41) is 12.9. The smallest absolute Gasteiger partial charge is 0.225 e. The van der Waals surface area contributed by atoms with Crippen molar-refractivity contribution in [2.24, 2.45) is 5.41 Å². The molecule has 0 unspecified atom stereocenters. The summed E-state index contributed by atoms with van der Waals surface area (Å²) in [5.74, 6) is 0.325. The van der Waals surface area contributed by atoms with Crippen molar-refractivity contribution >= 4 is 45.2 Å². The molecular weight excluding hydrogens is 664 g/mol. The van der Waals surface area contributed by atoms with Crippen molar-refractivity contribution in [2.45, 2.75) is 125 Å². The lowest BCUT2D eigenvalue weighted by molar-refractivity contribution is 0.103. The number of thiazole rings is 1. The van der Waals surface area contributed by atoms with Crippen molar-refractivity contribution in [3.8, 4) is 22.8 Å². The van der Waals surface area contributed by atoms with Crippen LogP contribution in [0.2, 0.25) is 5.02 Å². The number of carbonyl (C=O) groups excluding carboxylic acids is 1. The van der Waals surface area contributed by atoms with E-state index in [1.165, 1.54) is 101 Å². The van der Waals surface area contributed by atoms with E-state index in [4.69, 9.17) is 26.2 Å². The molecule has 0 aliphatic rings. The Balaban J connectivity index is 1.25. The van der Waals surface area contributed by atoms with E-state index in [1.54, 1.807) is 12.1 Å². The second-order valence-electron chi connectivity index (χ2n) is 14.7. The van der Waals surface area contributed by atoms with Gasteiger partial charge in [0.1, 0.15) is 11.5 Å². The number of halogens is 1. The molecule has 0 aliphatic carbocycles. The lowest BCUT2D eigenvalue weighted by Gasteiger charge is -2.19. The van der Waals surface area contributed by atoms with Gasteiger partial charge in [0.05, 0.1) is 35.2 Å². The van der Waals surface area contributed by atoms with Gasteiger partial charge in [-0.2, -0.15) is 0 Å². The van der Waals surface area contributed by atoms with Crippen molar-refractivity contribution in [3.63, 3.8) is 0 Å². The molecule has 0 atom stereocenters. The summed E-state index contributed by atoms with van der Waals surface area (Å²) in [7, 11) is 0. The Kier molecular flexibility index (Phi) is 15.9. The van der Waals surface area contributed by atoms with E-state index in [1.807, 2.05) is 37.3 Å². The van der Waals surface area contributed by atoms with E-state index < -0.39 is 0 Å². The molecule has 0 fully saturated rings. The number of rotatable bonds is 22. The van der Waals surface area contributed by atoms with Gasteiger partial charge in [0.2, 0.25) is 5.78 Å². The molecule has 0 amide bonds. The molecular formula is C42H57ClN2O4S. The SMILES string of the molecule is CCCCCCCCCCCCCCCCOc1ccc(-c2nc(C(=O)c3cc(Cl)c4c(NOCC(C)(C)C)cccc4c3O)sc2C)cc1. The molecule has 3 aromatic carbocycles. The maximum atomic E-state index is 13.7. The quantitative estimate of drug-likeness (QED) is 0.0478. The fraction of sp³-hybridized carbons (Fsp3) is 0.524. The molecule has 0 aliphatic heterocycles. The predicted molar refractivity (Wildman–Crippen MR) is 211 cm³/mol. The average molecular weight is 721 g/mol. The fourth-order valence-electron chi connectivity index (χ4n) is 6.08. The number of hydrogen-bond donors (Lipinski definition) is 2. The number of nitrogens with one attached hydrogen (secondary N) is 1. The van der Waals surface area contributed by atoms with E-state index in [0.717, 1.165) is 28.3 Å². The number of aryl methyl sites for hydroxylation is 1. The highest BCUT2D eigenvalue weighted by Gasteiger charge is 2.24. The van der Waals surface area contributed by atoms with Crippen LogP contribution in [0.3, 0.4) is 0 Å². The molecule has 0 saturated heterocycles. The topological polar surface area (TPSA) is 80.7 Å². The highest BCUT2D eigenvalue weighted by Crippen LogP contribution is 2.40. The Bertz CT molecular complexity index is 1640. The van der Waals surface area contributed by atoms with E-state index in [-0.39, 0.29) is 22.5 Å². The van der Waals surface area contributed by atoms with Gasteiger partial charge in [0.25, 0.3) is 0 Å². The van der Waals surface area contributed by atoms with Crippen molar-refractivity contribution in [1.29, 1.82) is 0 Å². The summed E-state index contributed by atoms with van der Waals surface area (Å²) < 4.78 is 6.02. The van der Waals surface area contributed by atoms with E-state index in [9.17, 15) is 9.90 Å². The first-order valence-electron chi connectivity index (χ1n) is 18.7. The first kappa shape index (κ1) is 39.7. The minimum Gasteiger partial charge on any atom is -0.507 e. The summed E-state index contributed by atoms with van der Waals surface area (Å²) in [4.78, 5) is 25.0. The van der Waals surface area contributed by atoms with Gasteiger partial charge in [-0.3, -0.25) is 15.1 Å². The van der Waals surface area contributed by atoms with Gasteiger partial charge in [0, 0.05) is 21.2 Å². The van der Waals surface area contributed by atoms with Gasteiger partial charge < -0.3 is 9.84 Å². The number of carbonyl (C=O) groups is 1. The summed E-state index contributed by atoms with van der Waals surface area (Å²) in [6.45, 7) is 11.6. The summed E-state index contributed by atoms with van der Waals surface area (Å²) in [6.07, 6.45) is 18.8. The number of anilines is 1. The third-order valence-corrected chi connectivity index (χ3v) is 10.2. The Morgan fingerprint density at radius 3 is 2.08 bits per heavy atom. The number of hydrogen-bond acceptors (Lipinski definition) is 7. The molecule has 50 heavy (non-hydrogen) atoms. The second-order valence-corrected chi connectivity index (χ2v) is 16.3. The molecule has 1 aromatic heterocycles. The van der Waals surface area contributed by atoms with E-state index in [0.29, 0.717) is 39.7 Å². The zero-order valence-corrected chi connectivity index (χ0v) is 32.4. The first-order valence-corrected chi connectivity index (χ1v) is 19.9. The van der Waals surface area contributed by atoms with Gasteiger partial charge >= 0.3 is 0 Å². The van der Waals surface area contributed by atoms with Crippen LogP contribution in [0, 0.1) is 12.3 Å². The van der Waals surface area contributed by atoms with Crippen LogP contribution in [-0.2, 0) is 4.84 Å². The third-order valence-electron chi connectivity index (χ3n) is 8.90. The molecule has 0 radical (unpaired) electrons. The van der Waals surface area contributed by atoms with Gasteiger partial charge in [-0.05, 0) is 55.2 Å². The van der Waals surface area contributed by atoms with Crippen LogP contribution in [-0.4, -0.2) is 29.1 Å². The summed E-state index contributed by atoms with van der Waals surface area (Å²) >= 11 is 8.01. The number of nitrogens with zero attached hydrogens (tertiary/aromatic N) is 1. The summed E-state index contributed by atoms with van der Waals surface area (Å²) in [5.41, 5.74) is 5.31. The molecule has 8 heteroatoms. The molecule has 4 aromatic rings. The molecule has 0 saturated carbocycles. The van der Waals surface area contributed by atoms with Crippen LogP contribution >= 0.6 is 22.9 Å². The molecule has 1 heterocycles. The monoisotopic (exact) mass is 720 g/mol. The fourth-order valence-corrected chi connectivity index (χ4v) is 7.28. The molecule has 4 rings (SSSR count). The van der Waals surface area contributed by atoms with Crippen LogP contribution in [0.15, 0.2) is 48.5 Å². The van der Waals surface area contributed by atoms with Gasteiger partial charge in [-0.1, -0.05) is 135 Å². The average Bonchev–Trinajstić information content (AvgIpc) is 3.48. The predicted octanol–water partition coefficient (Wildman–Crippen LogP) is 13.1. The van der Waals surface area contributed by atoms with Crippen molar-refractivity contribution in [3.05, 3.63) is 69.0 Å². The zero-order valence-electron chi connectivity index (χ0n) is 30.8. The summed E-state index contributed by atoms with van der Waals surface area (Å²) in [6, 6.07) is 14.8.